The molecule has 1 heterocycles. The summed E-state index contributed by atoms with van der Waals surface area (Å²) >= 11 is 0. The summed E-state index contributed by atoms with van der Waals surface area (Å²) < 4.78 is 2.03. The zero-order valence-electron chi connectivity index (χ0n) is 10.0. The van der Waals surface area contributed by atoms with Gasteiger partial charge in [0.25, 0.3) is 0 Å². The number of hydrogen-bond donors (Lipinski definition) is 0. The van der Waals surface area contributed by atoms with Gasteiger partial charge in [-0.1, -0.05) is 60.7 Å². The average molecular weight is 234 g/mol. The molecule has 3 rings (SSSR count). The van der Waals surface area contributed by atoms with Gasteiger partial charge < -0.3 is 0 Å². The maximum absolute atomic E-state index is 4.40. The Kier molecular flexibility index (Phi) is 2.92. The molecule has 0 saturated carbocycles. The first kappa shape index (κ1) is 10.8. The van der Waals surface area contributed by atoms with E-state index >= 15 is 0 Å². The van der Waals surface area contributed by atoms with Crippen LogP contribution in [0, 0.1) is 0 Å². The van der Waals surface area contributed by atoms with E-state index in [4.69, 9.17) is 0 Å². The van der Waals surface area contributed by atoms with E-state index < -0.39 is 0 Å². The summed E-state index contributed by atoms with van der Waals surface area (Å²) in [4.78, 5) is 0. The van der Waals surface area contributed by atoms with E-state index in [1.807, 2.05) is 23.0 Å². The average Bonchev–Trinajstić information content (AvgIpc) is 2.89. The number of rotatable bonds is 3. The first-order valence-electron chi connectivity index (χ1n) is 6.04. The van der Waals surface area contributed by atoms with E-state index in [1.165, 1.54) is 11.1 Å². The van der Waals surface area contributed by atoms with Crippen LogP contribution in [-0.2, 0) is 6.54 Å². The van der Waals surface area contributed by atoms with Crippen molar-refractivity contribution in [2.75, 3.05) is 0 Å². The summed E-state index contributed by atoms with van der Waals surface area (Å²) in [6.07, 6.45) is 1.85. The number of nitrogens with zero attached hydrogens (tertiary/aromatic N) is 2. The lowest BCUT2D eigenvalue weighted by Gasteiger charge is -2.07. The predicted molar refractivity (Wildman–Crippen MR) is 73.2 cm³/mol. The third-order valence-corrected chi connectivity index (χ3v) is 2.96. The predicted octanol–water partition coefficient (Wildman–Crippen LogP) is 3.60. The van der Waals surface area contributed by atoms with Gasteiger partial charge in [-0.3, -0.25) is 4.68 Å². The lowest BCUT2D eigenvalue weighted by atomic mass is 10.1. The molecule has 2 nitrogen and oxygen atoms in total. The third kappa shape index (κ3) is 2.18. The fourth-order valence-electron chi connectivity index (χ4n) is 2.07. The minimum Gasteiger partial charge on any atom is -0.260 e. The SMILES string of the molecule is c1ccc(Cn2nccc2-c2ccccc2)cc1. The monoisotopic (exact) mass is 234 g/mol. The molecule has 0 amide bonds. The maximum atomic E-state index is 4.40. The second kappa shape index (κ2) is 4.88. The van der Waals surface area contributed by atoms with Gasteiger partial charge in [-0.05, 0) is 17.2 Å². The standard InChI is InChI=1S/C16H14N2/c1-3-7-14(8-4-1)13-18-16(11-12-17-18)15-9-5-2-6-10-15/h1-12H,13H2. The van der Waals surface area contributed by atoms with E-state index in [0.29, 0.717) is 0 Å². The molecule has 0 aliphatic carbocycles. The van der Waals surface area contributed by atoms with Gasteiger partial charge in [-0.25, -0.2) is 0 Å². The van der Waals surface area contributed by atoms with Crippen LogP contribution in [0.15, 0.2) is 72.9 Å². The lowest BCUT2D eigenvalue weighted by molar-refractivity contribution is 0.694. The van der Waals surface area contributed by atoms with Gasteiger partial charge in [0.2, 0.25) is 0 Å². The van der Waals surface area contributed by atoms with Crippen molar-refractivity contribution >= 4 is 0 Å². The molecule has 88 valence electrons. The number of benzene rings is 2. The van der Waals surface area contributed by atoms with Crippen molar-refractivity contribution in [2.45, 2.75) is 6.54 Å². The molecule has 0 atom stereocenters. The summed E-state index contributed by atoms with van der Waals surface area (Å²) in [5.74, 6) is 0. The largest absolute Gasteiger partial charge is 0.260 e. The Bertz CT molecular complexity index is 612. The Labute approximate surface area is 107 Å². The van der Waals surface area contributed by atoms with Crippen LogP contribution in [0.4, 0.5) is 0 Å². The van der Waals surface area contributed by atoms with Gasteiger partial charge in [-0.2, -0.15) is 5.10 Å². The van der Waals surface area contributed by atoms with Gasteiger partial charge in [0.15, 0.2) is 0 Å². The molecule has 2 heteroatoms. The second-order valence-corrected chi connectivity index (χ2v) is 4.23. The zero-order valence-corrected chi connectivity index (χ0v) is 10.0. The van der Waals surface area contributed by atoms with Gasteiger partial charge in [0, 0.05) is 6.20 Å². The summed E-state index contributed by atoms with van der Waals surface area (Å²) in [7, 11) is 0. The van der Waals surface area contributed by atoms with Gasteiger partial charge in [0.05, 0.1) is 12.2 Å². The van der Waals surface area contributed by atoms with Crippen LogP contribution >= 0.6 is 0 Å². The van der Waals surface area contributed by atoms with Crippen molar-refractivity contribution in [3.8, 4) is 11.3 Å². The highest BCUT2D eigenvalue weighted by atomic mass is 15.3. The normalized spacial score (nSPS) is 10.4. The van der Waals surface area contributed by atoms with Crippen molar-refractivity contribution in [1.29, 1.82) is 0 Å². The molecular weight excluding hydrogens is 220 g/mol. The highest BCUT2D eigenvalue weighted by Crippen LogP contribution is 2.19. The minimum absolute atomic E-state index is 0.804. The summed E-state index contributed by atoms with van der Waals surface area (Å²) in [6.45, 7) is 0.804. The molecule has 0 bridgehead atoms. The van der Waals surface area contributed by atoms with Crippen LogP contribution in [0.5, 0.6) is 0 Å². The molecule has 0 spiro atoms. The zero-order chi connectivity index (χ0) is 12.2. The van der Waals surface area contributed by atoms with Crippen LogP contribution in [-0.4, -0.2) is 9.78 Å². The van der Waals surface area contributed by atoms with Crippen LogP contribution in [0.1, 0.15) is 5.56 Å². The first-order chi connectivity index (χ1) is 8.93. The van der Waals surface area contributed by atoms with Crippen molar-refractivity contribution in [3.05, 3.63) is 78.5 Å². The summed E-state index contributed by atoms with van der Waals surface area (Å²) in [6, 6.07) is 22.8. The van der Waals surface area contributed by atoms with Crippen LogP contribution in [0.25, 0.3) is 11.3 Å². The molecule has 3 aromatic rings. The van der Waals surface area contributed by atoms with E-state index in [-0.39, 0.29) is 0 Å². The molecule has 18 heavy (non-hydrogen) atoms. The fraction of sp³-hybridized carbons (Fsp3) is 0.0625. The topological polar surface area (TPSA) is 17.8 Å². The second-order valence-electron chi connectivity index (χ2n) is 4.23. The Morgan fingerprint density at radius 1 is 0.778 bits per heavy atom. The number of hydrogen-bond acceptors (Lipinski definition) is 1. The van der Waals surface area contributed by atoms with Crippen molar-refractivity contribution in [1.82, 2.24) is 9.78 Å². The third-order valence-electron chi connectivity index (χ3n) is 2.96. The molecular formula is C16H14N2. The number of aromatic nitrogens is 2. The Balaban J connectivity index is 1.93. The molecule has 1 aromatic heterocycles. The van der Waals surface area contributed by atoms with Gasteiger partial charge >= 0.3 is 0 Å². The maximum Gasteiger partial charge on any atom is 0.0686 e. The van der Waals surface area contributed by atoms with Crippen molar-refractivity contribution in [2.24, 2.45) is 0 Å². The minimum atomic E-state index is 0.804. The Morgan fingerprint density at radius 3 is 2.17 bits per heavy atom. The van der Waals surface area contributed by atoms with Crippen molar-refractivity contribution < 1.29 is 0 Å². The summed E-state index contributed by atoms with van der Waals surface area (Å²) in [5.41, 5.74) is 3.61. The van der Waals surface area contributed by atoms with Gasteiger partial charge in [0.1, 0.15) is 0 Å². The van der Waals surface area contributed by atoms with Crippen LogP contribution < -0.4 is 0 Å². The molecule has 0 aliphatic rings. The molecule has 2 aromatic carbocycles. The summed E-state index contributed by atoms with van der Waals surface area (Å²) in [5, 5.41) is 4.40. The molecule has 0 saturated heterocycles. The van der Waals surface area contributed by atoms with Crippen LogP contribution in [0.2, 0.25) is 0 Å². The van der Waals surface area contributed by atoms with E-state index in [0.717, 1.165) is 12.2 Å². The molecule has 0 fully saturated rings. The molecule has 0 aliphatic heterocycles. The smallest absolute Gasteiger partial charge is 0.0686 e. The van der Waals surface area contributed by atoms with Gasteiger partial charge in [-0.15, -0.1) is 0 Å². The fourth-order valence-corrected chi connectivity index (χ4v) is 2.07. The van der Waals surface area contributed by atoms with Crippen LogP contribution in [0.3, 0.4) is 0 Å². The van der Waals surface area contributed by atoms with E-state index in [1.54, 1.807) is 0 Å². The van der Waals surface area contributed by atoms with E-state index in [9.17, 15) is 0 Å². The molecule has 0 unspecified atom stereocenters. The first-order valence-corrected chi connectivity index (χ1v) is 6.04. The quantitative estimate of drug-likeness (QED) is 0.677. The molecule has 0 N–H and O–H groups in total. The Morgan fingerprint density at radius 2 is 1.44 bits per heavy atom. The van der Waals surface area contributed by atoms with E-state index in [2.05, 4.69) is 59.7 Å². The molecule has 0 radical (unpaired) electrons. The lowest BCUT2D eigenvalue weighted by Crippen LogP contribution is -2.03. The Hall–Kier alpha value is -2.35. The highest BCUT2D eigenvalue weighted by molar-refractivity contribution is 5.58. The van der Waals surface area contributed by atoms with Crippen molar-refractivity contribution in [3.63, 3.8) is 0 Å². The highest BCUT2D eigenvalue weighted by Gasteiger charge is 2.04.